The smallest absolute Gasteiger partial charge is 0.325 e. The topological polar surface area (TPSA) is 134 Å². The Morgan fingerprint density at radius 2 is 1.92 bits per heavy atom. The molecule has 4 amide bonds. The van der Waals surface area contributed by atoms with Gasteiger partial charge in [-0.2, -0.15) is 4.31 Å². The number of ether oxygens (including phenoxy) is 2. The van der Waals surface area contributed by atoms with Crippen molar-refractivity contribution in [2.24, 2.45) is 0 Å². The second-order valence-electron chi connectivity index (χ2n) is 9.16. The molecule has 2 aliphatic heterocycles. The normalized spacial score (nSPS) is 22.0. The summed E-state index contributed by atoms with van der Waals surface area (Å²) >= 11 is 0. The Bertz CT molecular complexity index is 1360. The Labute approximate surface area is 214 Å². The van der Waals surface area contributed by atoms with Crippen molar-refractivity contribution in [3.63, 3.8) is 0 Å². The molecule has 2 aromatic rings. The Morgan fingerprint density at radius 1 is 1.16 bits per heavy atom. The standard InChI is InChI=1S/C25H28N4O7S/c1-35-21-9-8-18(37(33,34)28-11-13-36-14-12-28)15-20(21)26-22(30)16-29-23(31)25(27-24(29)32)10-4-6-17-5-2-3-7-19(17)25/h2-3,5,7-9,15H,4,6,10-14,16H2,1H3,(H,26,30)(H,27,32)/t25-/m1/s1. The molecule has 2 aromatic carbocycles. The first kappa shape index (κ1) is 25.2. The highest BCUT2D eigenvalue weighted by molar-refractivity contribution is 7.89. The molecule has 0 bridgehead atoms. The average molecular weight is 529 g/mol. The third-order valence-corrected chi connectivity index (χ3v) is 8.90. The number of morpholine rings is 1. The van der Waals surface area contributed by atoms with Gasteiger partial charge in [0.2, 0.25) is 15.9 Å². The Kier molecular flexibility index (Phi) is 6.65. The molecule has 3 aliphatic rings. The van der Waals surface area contributed by atoms with E-state index in [4.69, 9.17) is 9.47 Å². The number of fused-ring (bicyclic) bond motifs is 2. The van der Waals surface area contributed by atoms with Crippen LogP contribution in [0.25, 0.3) is 0 Å². The number of aryl methyl sites for hydroxylation is 1. The fourth-order valence-corrected chi connectivity index (χ4v) is 6.60. The molecule has 0 unspecified atom stereocenters. The summed E-state index contributed by atoms with van der Waals surface area (Å²) in [5.74, 6) is -0.900. The van der Waals surface area contributed by atoms with E-state index in [1.54, 1.807) is 0 Å². The summed E-state index contributed by atoms with van der Waals surface area (Å²) in [4.78, 5) is 40.2. The number of benzene rings is 2. The number of amides is 4. The van der Waals surface area contributed by atoms with Gasteiger partial charge in [0, 0.05) is 13.1 Å². The minimum Gasteiger partial charge on any atom is -0.495 e. The van der Waals surface area contributed by atoms with Crippen LogP contribution in [0.1, 0.15) is 24.0 Å². The number of hydrogen-bond acceptors (Lipinski definition) is 7. The molecule has 1 atom stereocenters. The van der Waals surface area contributed by atoms with Crippen LogP contribution in [-0.2, 0) is 36.3 Å². The first-order chi connectivity index (χ1) is 17.8. The van der Waals surface area contributed by atoms with E-state index in [9.17, 15) is 22.8 Å². The van der Waals surface area contributed by atoms with E-state index < -0.39 is 40.0 Å². The molecule has 12 heteroatoms. The van der Waals surface area contributed by atoms with Crippen LogP contribution in [0.15, 0.2) is 47.4 Å². The molecule has 196 valence electrons. The summed E-state index contributed by atoms with van der Waals surface area (Å²) in [6, 6.07) is 11.0. The van der Waals surface area contributed by atoms with E-state index in [1.807, 2.05) is 24.3 Å². The summed E-state index contributed by atoms with van der Waals surface area (Å²) in [6.07, 6.45) is 1.98. The van der Waals surface area contributed by atoms with E-state index in [-0.39, 0.29) is 29.4 Å². The summed E-state index contributed by atoms with van der Waals surface area (Å²) in [5, 5.41) is 5.43. The number of anilines is 1. The van der Waals surface area contributed by atoms with Crippen molar-refractivity contribution >= 4 is 33.6 Å². The van der Waals surface area contributed by atoms with Gasteiger partial charge in [-0.3, -0.25) is 14.5 Å². The van der Waals surface area contributed by atoms with Gasteiger partial charge in [0.15, 0.2) is 0 Å². The van der Waals surface area contributed by atoms with E-state index in [0.717, 1.165) is 28.9 Å². The molecule has 2 N–H and O–H groups in total. The van der Waals surface area contributed by atoms with Crippen LogP contribution in [0.3, 0.4) is 0 Å². The fourth-order valence-electron chi connectivity index (χ4n) is 5.17. The van der Waals surface area contributed by atoms with Gasteiger partial charge in [0.05, 0.1) is 30.9 Å². The SMILES string of the molecule is COc1ccc(S(=O)(=O)N2CCOCC2)cc1NC(=O)CN1C(=O)N[C@@]2(CCCc3ccccc32)C1=O. The minimum absolute atomic E-state index is 0.0155. The zero-order valence-corrected chi connectivity index (χ0v) is 21.2. The lowest BCUT2D eigenvalue weighted by molar-refractivity contribution is -0.134. The third kappa shape index (κ3) is 4.45. The molecule has 2 fully saturated rings. The molecule has 1 spiro atoms. The number of hydrogen-bond donors (Lipinski definition) is 2. The maximum atomic E-state index is 13.5. The van der Waals surface area contributed by atoms with Crippen molar-refractivity contribution in [2.75, 3.05) is 45.3 Å². The fraction of sp³-hybridized carbons (Fsp3) is 0.400. The van der Waals surface area contributed by atoms with Crippen LogP contribution >= 0.6 is 0 Å². The lowest BCUT2D eigenvalue weighted by Crippen LogP contribution is -2.47. The number of rotatable bonds is 6. The number of carbonyl (C=O) groups is 3. The predicted molar refractivity (Wildman–Crippen MR) is 133 cm³/mol. The lowest BCUT2D eigenvalue weighted by Gasteiger charge is -2.33. The number of nitrogens with one attached hydrogen (secondary N) is 2. The molecule has 37 heavy (non-hydrogen) atoms. The zero-order chi connectivity index (χ0) is 26.2. The summed E-state index contributed by atoms with van der Waals surface area (Å²) in [5.41, 5.74) is 0.685. The molecule has 0 saturated carbocycles. The maximum Gasteiger partial charge on any atom is 0.325 e. The van der Waals surface area contributed by atoms with E-state index in [0.29, 0.717) is 19.6 Å². The third-order valence-electron chi connectivity index (χ3n) is 7.01. The van der Waals surface area contributed by atoms with Gasteiger partial charge < -0.3 is 20.1 Å². The first-order valence-corrected chi connectivity index (χ1v) is 13.5. The quantitative estimate of drug-likeness (QED) is 0.542. The van der Waals surface area contributed by atoms with E-state index in [2.05, 4.69) is 10.6 Å². The lowest BCUT2D eigenvalue weighted by atomic mass is 9.76. The molecule has 11 nitrogen and oxygen atoms in total. The second-order valence-corrected chi connectivity index (χ2v) is 11.1. The number of carbonyl (C=O) groups excluding carboxylic acids is 3. The van der Waals surface area contributed by atoms with Crippen molar-refractivity contribution in [2.45, 2.75) is 29.7 Å². The highest BCUT2D eigenvalue weighted by atomic mass is 32.2. The average Bonchev–Trinajstić information content (AvgIpc) is 3.13. The van der Waals surface area contributed by atoms with Gasteiger partial charge >= 0.3 is 6.03 Å². The molecule has 2 heterocycles. The van der Waals surface area contributed by atoms with E-state index in [1.165, 1.54) is 29.6 Å². The van der Waals surface area contributed by atoms with Crippen LogP contribution in [0.4, 0.5) is 10.5 Å². The van der Waals surface area contributed by atoms with Crippen molar-refractivity contribution in [3.05, 3.63) is 53.6 Å². The summed E-state index contributed by atoms with van der Waals surface area (Å²) < 4.78 is 38.0. The molecule has 1 aliphatic carbocycles. The molecular formula is C25H28N4O7S. The number of sulfonamides is 1. The summed E-state index contributed by atoms with van der Waals surface area (Å²) in [6.45, 7) is 0.534. The van der Waals surface area contributed by atoms with Gasteiger partial charge in [0.1, 0.15) is 17.8 Å². The highest BCUT2D eigenvalue weighted by Crippen LogP contribution is 2.40. The Balaban J connectivity index is 1.35. The molecule has 2 saturated heterocycles. The Morgan fingerprint density at radius 3 is 2.68 bits per heavy atom. The highest BCUT2D eigenvalue weighted by Gasteiger charge is 2.54. The molecule has 0 aromatic heterocycles. The first-order valence-electron chi connectivity index (χ1n) is 12.0. The van der Waals surface area contributed by atoms with Gasteiger partial charge in [0.25, 0.3) is 5.91 Å². The van der Waals surface area contributed by atoms with Gasteiger partial charge in [-0.25, -0.2) is 13.2 Å². The van der Waals surface area contributed by atoms with Crippen LogP contribution in [0.2, 0.25) is 0 Å². The van der Waals surface area contributed by atoms with Crippen molar-refractivity contribution in [1.29, 1.82) is 0 Å². The van der Waals surface area contributed by atoms with Gasteiger partial charge in [-0.05, 0) is 48.6 Å². The van der Waals surface area contributed by atoms with Crippen molar-refractivity contribution < 1.29 is 32.3 Å². The van der Waals surface area contributed by atoms with Gasteiger partial charge in [-0.1, -0.05) is 24.3 Å². The van der Waals surface area contributed by atoms with E-state index >= 15 is 0 Å². The molecule has 5 rings (SSSR count). The molecule has 0 radical (unpaired) electrons. The van der Waals surface area contributed by atoms with Gasteiger partial charge in [-0.15, -0.1) is 0 Å². The number of nitrogens with zero attached hydrogens (tertiary/aromatic N) is 2. The number of urea groups is 1. The maximum absolute atomic E-state index is 13.5. The van der Waals surface area contributed by atoms with Crippen LogP contribution in [0.5, 0.6) is 5.75 Å². The zero-order valence-electron chi connectivity index (χ0n) is 20.4. The number of methoxy groups -OCH3 is 1. The second kappa shape index (κ2) is 9.77. The molecular weight excluding hydrogens is 500 g/mol. The van der Waals surface area contributed by atoms with Crippen LogP contribution in [0, 0.1) is 0 Å². The summed E-state index contributed by atoms with van der Waals surface area (Å²) in [7, 11) is -2.42. The monoisotopic (exact) mass is 528 g/mol. The Hall–Kier alpha value is -3.48. The number of imide groups is 1. The van der Waals surface area contributed by atoms with Crippen molar-refractivity contribution in [1.82, 2.24) is 14.5 Å². The largest absolute Gasteiger partial charge is 0.495 e. The predicted octanol–water partition coefficient (Wildman–Crippen LogP) is 1.44. The van der Waals surface area contributed by atoms with Crippen molar-refractivity contribution in [3.8, 4) is 5.75 Å². The van der Waals surface area contributed by atoms with Crippen LogP contribution in [-0.4, -0.2) is 75.4 Å². The minimum atomic E-state index is -3.81. The van der Waals surface area contributed by atoms with Crippen LogP contribution < -0.4 is 15.4 Å².